The first-order chi connectivity index (χ1) is 6.27. The van der Waals surface area contributed by atoms with Gasteiger partial charge in [-0.05, 0) is 6.92 Å². The van der Waals surface area contributed by atoms with E-state index in [1.165, 1.54) is 0 Å². The minimum atomic E-state index is 0.816. The lowest BCUT2D eigenvalue weighted by Gasteiger charge is -2.30. The van der Waals surface area contributed by atoms with Gasteiger partial charge in [0.2, 0.25) is 0 Å². The molecule has 4 nitrogen and oxygen atoms in total. The predicted molar refractivity (Wildman–Crippen MR) is 52.1 cm³/mol. The van der Waals surface area contributed by atoms with Crippen molar-refractivity contribution >= 4 is 0 Å². The molecule has 0 spiro atoms. The van der Waals surface area contributed by atoms with Crippen LogP contribution in [-0.4, -0.2) is 34.8 Å². The van der Waals surface area contributed by atoms with Crippen LogP contribution in [0.5, 0.6) is 0 Å². The fourth-order valence-corrected chi connectivity index (χ4v) is 1.72. The van der Waals surface area contributed by atoms with E-state index in [1.807, 2.05) is 18.7 Å². The van der Waals surface area contributed by atoms with Crippen molar-refractivity contribution in [1.29, 1.82) is 0 Å². The summed E-state index contributed by atoms with van der Waals surface area (Å²) in [5, 5.41) is 0. The summed E-state index contributed by atoms with van der Waals surface area (Å²) < 4.78 is 2.94. The molecule has 13 heavy (non-hydrogen) atoms. The molecule has 1 aliphatic heterocycles. The monoisotopic (exact) mass is 179 g/mol. The maximum Gasteiger partial charge on any atom is 0.181 e. The van der Waals surface area contributed by atoms with Crippen LogP contribution in [0.4, 0.5) is 0 Å². The Bertz CT molecular complexity index is 303. The molecule has 0 radical (unpaired) electrons. The van der Waals surface area contributed by atoms with Crippen molar-refractivity contribution in [3.63, 3.8) is 0 Å². The minimum absolute atomic E-state index is 0.816. The first kappa shape index (κ1) is 8.31. The van der Waals surface area contributed by atoms with Crippen LogP contribution >= 0.6 is 0 Å². The van der Waals surface area contributed by atoms with E-state index in [1.54, 1.807) is 0 Å². The molecule has 0 bridgehead atoms. The minimum Gasteiger partial charge on any atom is -0.327 e. The Hall–Kier alpha value is -1.29. The van der Waals surface area contributed by atoms with Gasteiger partial charge in [-0.1, -0.05) is 0 Å². The first-order valence-electron chi connectivity index (χ1n) is 4.52. The Morgan fingerprint density at radius 2 is 2.38 bits per heavy atom. The van der Waals surface area contributed by atoms with Crippen molar-refractivity contribution in [1.82, 2.24) is 19.2 Å². The second-order valence-corrected chi connectivity index (χ2v) is 3.44. The quantitative estimate of drug-likeness (QED) is 0.624. The Kier molecular flexibility index (Phi) is 1.84. The Morgan fingerprint density at radius 1 is 1.54 bits per heavy atom. The summed E-state index contributed by atoms with van der Waals surface area (Å²) in [6.07, 6.45) is 10.0. The Balaban J connectivity index is 2.33. The smallest absolute Gasteiger partial charge is 0.181 e. The highest BCUT2D eigenvalue weighted by atomic mass is 15.7. The van der Waals surface area contributed by atoms with Gasteiger partial charge in [-0.2, -0.15) is 9.27 Å². The number of quaternary nitrogens is 1. The highest BCUT2D eigenvalue weighted by Gasteiger charge is 2.30. The van der Waals surface area contributed by atoms with E-state index in [4.69, 9.17) is 0 Å². The second-order valence-electron chi connectivity index (χ2n) is 3.44. The lowest BCUT2D eigenvalue weighted by Crippen LogP contribution is -2.53. The summed E-state index contributed by atoms with van der Waals surface area (Å²) in [5.74, 6) is 0. The molecule has 2 rings (SSSR count). The van der Waals surface area contributed by atoms with Crippen LogP contribution in [-0.2, 0) is 0 Å². The predicted octanol–water partition coefficient (Wildman–Crippen LogP) is 0.716. The van der Waals surface area contributed by atoms with Crippen LogP contribution in [0.3, 0.4) is 0 Å². The van der Waals surface area contributed by atoms with Crippen LogP contribution in [0.25, 0.3) is 0 Å². The standard InChI is InChI=1S/C9H15N4/c1-3-13(7-6-11(2)9-13)12-5-4-10-8-12/h4-8H,3,9H2,1-2H3/q+1. The number of hydrogen-bond donors (Lipinski definition) is 0. The van der Waals surface area contributed by atoms with Crippen molar-refractivity contribution in [3.8, 4) is 0 Å². The Labute approximate surface area is 78.3 Å². The number of rotatable bonds is 2. The van der Waals surface area contributed by atoms with Gasteiger partial charge in [0, 0.05) is 7.05 Å². The van der Waals surface area contributed by atoms with E-state index in [0.717, 1.165) is 17.8 Å². The normalized spacial score (nSPS) is 27.1. The van der Waals surface area contributed by atoms with E-state index in [9.17, 15) is 0 Å². The zero-order chi connectivity index (χ0) is 9.31. The van der Waals surface area contributed by atoms with E-state index in [0.29, 0.717) is 0 Å². The second kappa shape index (κ2) is 2.88. The number of hydrogen-bond acceptors (Lipinski definition) is 2. The molecule has 1 aliphatic rings. The molecule has 1 atom stereocenters. The third-order valence-electron chi connectivity index (χ3n) is 2.56. The molecule has 0 amide bonds. The van der Waals surface area contributed by atoms with E-state index in [-0.39, 0.29) is 0 Å². The summed E-state index contributed by atoms with van der Waals surface area (Å²) in [4.78, 5) is 6.26. The van der Waals surface area contributed by atoms with E-state index < -0.39 is 0 Å². The van der Waals surface area contributed by atoms with Crippen LogP contribution in [0.2, 0.25) is 0 Å². The van der Waals surface area contributed by atoms with Gasteiger partial charge >= 0.3 is 0 Å². The average Bonchev–Trinajstić information content (AvgIpc) is 2.73. The fourth-order valence-electron chi connectivity index (χ4n) is 1.72. The average molecular weight is 179 g/mol. The van der Waals surface area contributed by atoms with Gasteiger partial charge in [-0.3, -0.25) is 0 Å². The summed E-state index contributed by atoms with van der Waals surface area (Å²) >= 11 is 0. The van der Waals surface area contributed by atoms with Crippen molar-refractivity contribution in [3.05, 3.63) is 31.1 Å². The van der Waals surface area contributed by atoms with Gasteiger partial charge in [-0.25, -0.2) is 4.98 Å². The SMILES string of the molecule is CC[N+]1(n2ccnc2)C=CN(C)C1. The van der Waals surface area contributed by atoms with Gasteiger partial charge in [0.15, 0.2) is 6.67 Å². The summed E-state index contributed by atoms with van der Waals surface area (Å²) in [7, 11) is 2.09. The summed E-state index contributed by atoms with van der Waals surface area (Å²) in [5.41, 5.74) is 0. The zero-order valence-electron chi connectivity index (χ0n) is 8.09. The van der Waals surface area contributed by atoms with Gasteiger partial charge in [-0.15, -0.1) is 0 Å². The molecule has 1 aromatic heterocycles. The van der Waals surface area contributed by atoms with Crippen LogP contribution in [0.1, 0.15) is 6.92 Å². The third-order valence-corrected chi connectivity index (χ3v) is 2.56. The van der Waals surface area contributed by atoms with Gasteiger partial charge in [0.1, 0.15) is 19.1 Å². The van der Waals surface area contributed by atoms with Gasteiger partial charge < -0.3 is 4.90 Å². The molecule has 1 aromatic rings. The zero-order valence-corrected chi connectivity index (χ0v) is 8.09. The molecule has 4 heteroatoms. The van der Waals surface area contributed by atoms with Gasteiger partial charge in [0.05, 0.1) is 18.6 Å². The number of imidazole rings is 1. The van der Waals surface area contributed by atoms with Gasteiger partial charge in [0.25, 0.3) is 0 Å². The largest absolute Gasteiger partial charge is 0.327 e. The molecular formula is C9H15N4+. The molecule has 1 unspecified atom stereocenters. The lowest BCUT2D eigenvalue weighted by atomic mass is 10.6. The number of nitrogens with zero attached hydrogens (tertiary/aromatic N) is 4. The number of aromatic nitrogens is 2. The molecular weight excluding hydrogens is 164 g/mol. The lowest BCUT2D eigenvalue weighted by molar-refractivity contribution is 0.168. The van der Waals surface area contributed by atoms with E-state index >= 15 is 0 Å². The molecule has 0 saturated carbocycles. The molecule has 0 fully saturated rings. The molecule has 2 heterocycles. The van der Waals surface area contributed by atoms with Crippen LogP contribution in [0, 0.1) is 0 Å². The van der Waals surface area contributed by atoms with Crippen molar-refractivity contribution in [2.75, 3.05) is 20.3 Å². The first-order valence-corrected chi connectivity index (χ1v) is 4.52. The highest BCUT2D eigenvalue weighted by Crippen LogP contribution is 2.13. The highest BCUT2D eigenvalue weighted by molar-refractivity contribution is 5.03. The molecule has 0 aromatic carbocycles. The topological polar surface area (TPSA) is 21.1 Å². The fraction of sp³-hybridized carbons (Fsp3) is 0.444. The van der Waals surface area contributed by atoms with Crippen molar-refractivity contribution in [2.24, 2.45) is 0 Å². The molecule has 70 valence electrons. The maximum absolute atomic E-state index is 4.08. The Morgan fingerprint density at radius 3 is 2.85 bits per heavy atom. The molecule has 0 aliphatic carbocycles. The van der Waals surface area contributed by atoms with Crippen LogP contribution < -0.4 is 4.59 Å². The van der Waals surface area contributed by atoms with E-state index in [2.05, 4.69) is 40.9 Å². The van der Waals surface area contributed by atoms with Crippen molar-refractivity contribution in [2.45, 2.75) is 6.92 Å². The van der Waals surface area contributed by atoms with Crippen LogP contribution in [0.15, 0.2) is 31.1 Å². The molecule has 0 N–H and O–H groups in total. The van der Waals surface area contributed by atoms with Crippen molar-refractivity contribution < 1.29 is 0 Å². The summed E-state index contributed by atoms with van der Waals surface area (Å²) in [6.45, 7) is 4.20. The maximum atomic E-state index is 4.08. The molecule has 0 saturated heterocycles. The third kappa shape index (κ3) is 1.23. The summed E-state index contributed by atoms with van der Waals surface area (Å²) in [6, 6.07) is 0.